The zero-order valence-electron chi connectivity index (χ0n) is 15.5. The Morgan fingerprint density at radius 1 is 1.04 bits per heavy atom. The van der Waals surface area contributed by atoms with Crippen LogP contribution in [0.1, 0.15) is 42.5 Å². The molecule has 4 rings (SSSR count). The summed E-state index contributed by atoms with van der Waals surface area (Å²) in [7, 11) is 0. The van der Waals surface area contributed by atoms with Crippen LogP contribution >= 0.6 is 0 Å². The molecule has 0 saturated carbocycles. The lowest BCUT2D eigenvalue weighted by Crippen LogP contribution is -2.38. The van der Waals surface area contributed by atoms with E-state index < -0.39 is 6.04 Å². The van der Waals surface area contributed by atoms with Gasteiger partial charge < -0.3 is 9.64 Å². The largest absolute Gasteiger partial charge is 0.464 e. The third-order valence-corrected chi connectivity index (χ3v) is 5.63. The molecule has 138 valence electrons. The van der Waals surface area contributed by atoms with Crippen molar-refractivity contribution in [1.29, 1.82) is 0 Å². The molecule has 2 aromatic carbocycles. The number of nitrogens with zero attached hydrogens (tertiary/aromatic N) is 1. The maximum atomic E-state index is 13.0. The van der Waals surface area contributed by atoms with Crippen molar-refractivity contribution in [3.8, 4) is 0 Å². The summed E-state index contributed by atoms with van der Waals surface area (Å²) in [6.07, 6.45) is 3.97. The van der Waals surface area contributed by atoms with Gasteiger partial charge in [-0.15, -0.1) is 0 Å². The topological polar surface area (TPSA) is 46.6 Å². The SMILES string of the molecule is CCOC(=O)C1C(c2ccccc2)C(C(C)=O)C2c3ccccc3C=CN12. The van der Waals surface area contributed by atoms with Crippen molar-refractivity contribution in [2.24, 2.45) is 5.92 Å². The van der Waals surface area contributed by atoms with E-state index in [0.717, 1.165) is 16.7 Å². The van der Waals surface area contributed by atoms with Crippen molar-refractivity contribution >= 4 is 17.8 Å². The summed E-state index contributed by atoms with van der Waals surface area (Å²) >= 11 is 0. The van der Waals surface area contributed by atoms with E-state index in [1.165, 1.54) is 0 Å². The van der Waals surface area contributed by atoms with Crippen LogP contribution in [0.4, 0.5) is 0 Å². The number of carbonyl (C=O) groups excluding carboxylic acids is 2. The molecule has 1 saturated heterocycles. The number of rotatable bonds is 4. The molecule has 2 aliphatic rings. The minimum atomic E-state index is -0.518. The van der Waals surface area contributed by atoms with E-state index in [4.69, 9.17) is 4.74 Å². The maximum absolute atomic E-state index is 13.0. The standard InChI is InChI=1S/C23H23NO3/c1-3-27-23(26)22-20(17-10-5-4-6-11-17)19(15(2)25)21-18-12-8-7-9-16(18)13-14-24(21)22/h4-14,19-22H,3H2,1-2H3. The highest BCUT2D eigenvalue weighted by Crippen LogP contribution is 2.52. The lowest BCUT2D eigenvalue weighted by atomic mass is 9.77. The van der Waals surface area contributed by atoms with Gasteiger partial charge in [-0.3, -0.25) is 4.79 Å². The van der Waals surface area contributed by atoms with Gasteiger partial charge in [0.25, 0.3) is 0 Å². The van der Waals surface area contributed by atoms with Gasteiger partial charge >= 0.3 is 5.97 Å². The molecule has 1 fully saturated rings. The Bertz CT molecular complexity index is 890. The third kappa shape index (κ3) is 2.85. The first-order valence-electron chi connectivity index (χ1n) is 9.40. The first-order valence-corrected chi connectivity index (χ1v) is 9.40. The number of carbonyl (C=O) groups is 2. The van der Waals surface area contributed by atoms with Gasteiger partial charge in [-0.2, -0.15) is 0 Å². The van der Waals surface area contributed by atoms with Crippen LogP contribution in [-0.2, 0) is 14.3 Å². The van der Waals surface area contributed by atoms with Crippen LogP contribution in [0.2, 0.25) is 0 Å². The van der Waals surface area contributed by atoms with Gasteiger partial charge in [-0.05, 0) is 36.6 Å². The molecule has 4 nitrogen and oxygen atoms in total. The lowest BCUT2D eigenvalue weighted by molar-refractivity contribution is -0.148. The number of benzene rings is 2. The van der Waals surface area contributed by atoms with E-state index in [2.05, 4.69) is 12.1 Å². The van der Waals surface area contributed by atoms with Crippen LogP contribution in [0, 0.1) is 5.92 Å². The third-order valence-electron chi connectivity index (χ3n) is 5.63. The Morgan fingerprint density at radius 2 is 1.74 bits per heavy atom. The highest BCUT2D eigenvalue weighted by atomic mass is 16.5. The van der Waals surface area contributed by atoms with Crippen LogP contribution in [0.5, 0.6) is 0 Å². The van der Waals surface area contributed by atoms with Gasteiger partial charge in [-0.25, -0.2) is 4.79 Å². The molecule has 27 heavy (non-hydrogen) atoms. The predicted molar refractivity (Wildman–Crippen MR) is 104 cm³/mol. The molecule has 0 radical (unpaired) electrons. The smallest absolute Gasteiger partial charge is 0.329 e. The van der Waals surface area contributed by atoms with E-state index in [1.54, 1.807) is 6.92 Å². The number of esters is 1. The molecule has 0 bridgehead atoms. The molecule has 2 aromatic rings. The van der Waals surface area contributed by atoms with E-state index in [0.29, 0.717) is 6.61 Å². The Balaban J connectivity index is 1.89. The Labute approximate surface area is 159 Å². The summed E-state index contributed by atoms with van der Waals surface area (Å²) in [5.41, 5.74) is 3.19. The van der Waals surface area contributed by atoms with Gasteiger partial charge in [0.2, 0.25) is 0 Å². The molecule has 4 unspecified atom stereocenters. The van der Waals surface area contributed by atoms with Crippen LogP contribution in [0.15, 0.2) is 60.8 Å². The second kappa shape index (κ2) is 7.03. The molecule has 4 heteroatoms. The minimum absolute atomic E-state index is 0.0933. The van der Waals surface area contributed by atoms with Crippen molar-refractivity contribution in [1.82, 2.24) is 4.90 Å². The van der Waals surface area contributed by atoms with Crippen molar-refractivity contribution < 1.29 is 14.3 Å². The van der Waals surface area contributed by atoms with E-state index >= 15 is 0 Å². The first-order chi connectivity index (χ1) is 13.1. The monoisotopic (exact) mass is 361 g/mol. The Kier molecular flexibility index (Phi) is 4.56. The van der Waals surface area contributed by atoms with Gasteiger partial charge in [0.05, 0.1) is 18.6 Å². The van der Waals surface area contributed by atoms with Gasteiger partial charge in [0, 0.05) is 12.1 Å². The summed E-state index contributed by atoms with van der Waals surface area (Å²) in [6, 6.07) is 17.3. The van der Waals surface area contributed by atoms with Crippen molar-refractivity contribution in [3.05, 3.63) is 77.5 Å². The summed E-state index contributed by atoms with van der Waals surface area (Å²) in [5.74, 6) is -0.739. The fraction of sp³-hybridized carbons (Fsp3) is 0.304. The fourth-order valence-electron chi connectivity index (χ4n) is 4.61. The Hall–Kier alpha value is -2.88. The Morgan fingerprint density at radius 3 is 2.44 bits per heavy atom. The van der Waals surface area contributed by atoms with E-state index in [9.17, 15) is 9.59 Å². The summed E-state index contributed by atoms with van der Waals surface area (Å²) in [5, 5.41) is 0. The van der Waals surface area contributed by atoms with Crippen LogP contribution in [0.3, 0.4) is 0 Å². The highest BCUT2D eigenvalue weighted by molar-refractivity contribution is 5.87. The molecule has 0 amide bonds. The summed E-state index contributed by atoms with van der Waals surface area (Å²) in [6.45, 7) is 3.76. The van der Waals surface area contributed by atoms with Gasteiger partial charge in [-0.1, -0.05) is 54.6 Å². The molecule has 2 heterocycles. The minimum Gasteiger partial charge on any atom is -0.464 e. The zero-order valence-corrected chi connectivity index (χ0v) is 15.5. The predicted octanol–water partition coefficient (Wildman–Crippen LogP) is 3.95. The summed E-state index contributed by atoms with van der Waals surface area (Å²) in [4.78, 5) is 27.8. The van der Waals surface area contributed by atoms with Crippen molar-refractivity contribution in [2.75, 3.05) is 6.61 Å². The molecule has 0 N–H and O–H groups in total. The van der Waals surface area contributed by atoms with Crippen molar-refractivity contribution in [2.45, 2.75) is 31.8 Å². The number of hydrogen-bond acceptors (Lipinski definition) is 4. The second-order valence-corrected chi connectivity index (χ2v) is 7.11. The lowest BCUT2D eigenvalue weighted by Gasteiger charge is -2.33. The number of hydrogen-bond donors (Lipinski definition) is 0. The second-order valence-electron chi connectivity index (χ2n) is 7.11. The average molecular weight is 361 g/mol. The van der Waals surface area contributed by atoms with Crippen LogP contribution in [0.25, 0.3) is 6.08 Å². The molecule has 0 spiro atoms. The normalized spacial score (nSPS) is 25.6. The highest BCUT2D eigenvalue weighted by Gasteiger charge is 2.55. The molecule has 0 aliphatic carbocycles. The number of ether oxygens (including phenoxy) is 1. The van der Waals surface area contributed by atoms with Crippen LogP contribution in [-0.4, -0.2) is 29.3 Å². The molecule has 0 aromatic heterocycles. The summed E-state index contributed by atoms with van der Waals surface area (Å²) < 4.78 is 5.42. The van der Waals surface area contributed by atoms with E-state index in [-0.39, 0.29) is 29.6 Å². The fourth-order valence-corrected chi connectivity index (χ4v) is 4.61. The number of fused-ring (bicyclic) bond motifs is 3. The van der Waals surface area contributed by atoms with Gasteiger partial charge in [0.15, 0.2) is 0 Å². The molecular weight excluding hydrogens is 338 g/mol. The van der Waals surface area contributed by atoms with Gasteiger partial charge in [0.1, 0.15) is 11.8 Å². The number of ketones is 1. The molecular formula is C23H23NO3. The molecule has 2 aliphatic heterocycles. The van der Waals surface area contributed by atoms with E-state index in [1.807, 2.05) is 66.6 Å². The average Bonchev–Trinajstić information content (AvgIpc) is 3.05. The maximum Gasteiger partial charge on any atom is 0.329 e. The van der Waals surface area contributed by atoms with Crippen LogP contribution < -0.4 is 0 Å². The zero-order chi connectivity index (χ0) is 19.0. The molecule has 4 atom stereocenters. The van der Waals surface area contributed by atoms with Crippen molar-refractivity contribution in [3.63, 3.8) is 0 Å². The first kappa shape index (κ1) is 17.5. The number of Topliss-reactive ketones (excluding diaryl/α,β-unsaturated/α-hetero) is 1. The quantitative estimate of drug-likeness (QED) is 0.774.